The first kappa shape index (κ1) is 24.3. The van der Waals surface area contributed by atoms with E-state index in [0.29, 0.717) is 25.2 Å². The lowest BCUT2D eigenvalue weighted by Crippen LogP contribution is -2.45. The first-order valence-electron chi connectivity index (χ1n) is 10.7. The Balaban J connectivity index is 2.40. The van der Waals surface area contributed by atoms with E-state index >= 15 is 0 Å². The van der Waals surface area contributed by atoms with Gasteiger partial charge in [0.15, 0.2) is 16.9 Å². The molecule has 0 radical (unpaired) electrons. The van der Waals surface area contributed by atoms with Gasteiger partial charge in [-0.15, -0.1) is 0 Å². The standard InChI is InChI=1S/C24H29BrO7/c1-11(2)6-7-13-19(27)16-21(29)17-15(32-22(16)18(25)20(13)28)10-14(26)23(30)24(17,31-5)9-8-12(3)4/h10-12,26-28H,6-9H2,1-5H3. The number of hydrogen-bond donors (Lipinski definition) is 3. The molecule has 1 aromatic carbocycles. The molecule has 3 rings (SSSR count). The second-order valence-corrected chi connectivity index (χ2v) is 9.91. The number of halogens is 1. The molecule has 1 aliphatic carbocycles. The third-order valence-corrected chi connectivity index (χ3v) is 6.76. The Morgan fingerprint density at radius 3 is 2.25 bits per heavy atom. The number of aliphatic hydroxyl groups excluding tert-OH is 1. The Kier molecular flexibility index (Phi) is 6.77. The number of fused-ring (bicyclic) bond motifs is 2. The van der Waals surface area contributed by atoms with E-state index in [1.54, 1.807) is 0 Å². The number of phenols is 2. The van der Waals surface area contributed by atoms with Gasteiger partial charge in [0.2, 0.25) is 11.2 Å². The van der Waals surface area contributed by atoms with Gasteiger partial charge in [-0.25, -0.2) is 0 Å². The topological polar surface area (TPSA) is 117 Å². The number of aliphatic hydroxyl groups is 1. The number of ketones is 1. The Morgan fingerprint density at radius 2 is 1.69 bits per heavy atom. The molecule has 0 fully saturated rings. The smallest absolute Gasteiger partial charge is 0.233 e. The first-order chi connectivity index (χ1) is 15.0. The number of carbonyl (C=O) groups is 1. The van der Waals surface area contributed by atoms with Crippen LogP contribution < -0.4 is 5.43 Å². The van der Waals surface area contributed by atoms with Crippen LogP contribution in [0.15, 0.2) is 19.4 Å². The van der Waals surface area contributed by atoms with E-state index in [2.05, 4.69) is 15.9 Å². The Labute approximate surface area is 194 Å². The number of phenolic OH excluding ortho intramolecular Hbond substituents is 2. The lowest BCUT2D eigenvalue weighted by atomic mass is 9.78. The van der Waals surface area contributed by atoms with Crippen LogP contribution in [0.2, 0.25) is 0 Å². The highest BCUT2D eigenvalue weighted by molar-refractivity contribution is 9.10. The average molecular weight is 509 g/mol. The largest absolute Gasteiger partial charge is 0.507 e. The van der Waals surface area contributed by atoms with Crippen LogP contribution in [0.5, 0.6) is 11.5 Å². The van der Waals surface area contributed by atoms with Crippen LogP contribution in [-0.4, -0.2) is 28.2 Å². The molecule has 32 heavy (non-hydrogen) atoms. The maximum atomic E-state index is 13.8. The van der Waals surface area contributed by atoms with Crippen molar-refractivity contribution in [1.82, 2.24) is 0 Å². The van der Waals surface area contributed by atoms with E-state index in [9.17, 15) is 24.9 Å². The van der Waals surface area contributed by atoms with E-state index in [1.807, 2.05) is 27.7 Å². The van der Waals surface area contributed by atoms with E-state index in [0.717, 1.165) is 6.08 Å². The molecular weight excluding hydrogens is 480 g/mol. The van der Waals surface area contributed by atoms with Crippen LogP contribution in [0.4, 0.5) is 0 Å². The fourth-order valence-electron chi connectivity index (χ4n) is 4.12. The van der Waals surface area contributed by atoms with E-state index < -0.39 is 22.6 Å². The highest BCUT2D eigenvalue weighted by atomic mass is 79.9. The van der Waals surface area contributed by atoms with Gasteiger partial charge in [0.25, 0.3) is 0 Å². The van der Waals surface area contributed by atoms with Crippen molar-refractivity contribution in [3.8, 4) is 11.5 Å². The van der Waals surface area contributed by atoms with Gasteiger partial charge in [0.1, 0.15) is 27.1 Å². The SMILES string of the molecule is COC1(CCC(C)C)C(=O)C(O)=Cc2oc3c(Br)c(O)c(CCC(C)C)c(O)c3c(=O)c21. The van der Waals surface area contributed by atoms with Crippen LogP contribution in [-0.2, 0) is 21.6 Å². The molecule has 0 saturated carbocycles. The third kappa shape index (κ3) is 3.83. The molecule has 7 nitrogen and oxygen atoms in total. The maximum absolute atomic E-state index is 13.8. The van der Waals surface area contributed by atoms with Crippen molar-refractivity contribution in [2.24, 2.45) is 11.8 Å². The molecule has 174 valence electrons. The first-order valence-corrected chi connectivity index (χ1v) is 11.5. The zero-order chi connectivity index (χ0) is 24.0. The molecule has 1 unspecified atom stereocenters. The molecule has 8 heteroatoms. The van der Waals surface area contributed by atoms with Crippen LogP contribution in [0.3, 0.4) is 0 Å². The zero-order valence-corrected chi connectivity index (χ0v) is 20.5. The van der Waals surface area contributed by atoms with Gasteiger partial charge < -0.3 is 24.5 Å². The number of aromatic hydroxyl groups is 2. The Hall–Kier alpha value is -2.32. The fourth-order valence-corrected chi connectivity index (χ4v) is 4.63. The molecule has 0 spiro atoms. The molecular formula is C24H29BrO7. The van der Waals surface area contributed by atoms with Gasteiger partial charge in [-0.1, -0.05) is 27.7 Å². The molecule has 0 saturated heterocycles. The summed E-state index contributed by atoms with van der Waals surface area (Å²) in [6.45, 7) is 7.98. The minimum Gasteiger partial charge on any atom is -0.507 e. The highest BCUT2D eigenvalue weighted by Crippen LogP contribution is 2.46. The van der Waals surface area contributed by atoms with E-state index in [4.69, 9.17) is 9.15 Å². The summed E-state index contributed by atoms with van der Waals surface area (Å²) in [5.41, 5.74) is -2.26. The van der Waals surface area contributed by atoms with Crippen LogP contribution >= 0.6 is 15.9 Å². The molecule has 0 amide bonds. The fraction of sp³-hybridized carbons (Fsp3) is 0.500. The summed E-state index contributed by atoms with van der Waals surface area (Å²) in [4.78, 5) is 26.8. The number of ether oxygens (including phenoxy) is 1. The minimum absolute atomic E-state index is 0.0420. The highest BCUT2D eigenvalue weighted by Gasteiger charge is 2.49. The summed E-state index contributed by atoms with van der Waals surface area (Å²) in [7, 11) is 1.31. The number of hydrogen-bond acceptors (Lipinski definition) is 7. The van der Waals surface area contributed by atoms with Gasteiger partial charge in [-0.2, -0.15) is 0 Å². The average Bonchev–Trinajstić information content (AvgIpc) is 2.72. The van der Waals surface area contributed by atoms with Crippen molar-refractivity contribution >= 4 is 38.8 Å². The molecule has 1 heterocycles. The van der Waals surface area contributed by atoms with Crippen molar-refractivity contribution in [1.29, 1.82) is 0 Å². The second-order valence-electron chi connectivity index (χ2n) is 9.12. The molecule has 1 aliphatic rings. The molecule has 3 N–H and O–H groups in total. The normalized spacial score (nSPS) is 18.5. The molecule has 1 aromatic heterocycles. The zero-order valence-electron chi connectivity index (χ0n) is 18.9. The number of benzene rings is 1. The molecule has 2 aromatic rings. The maximum Gasteiger partial charge on any atom is 0.233 e. The van der Waals surface area contributed by atoms with Crippen LogP contribution in [0.1, 0.15) is 63.8 Å². The lowest BCUT2D eigenvalue weighted by Gasteiger charge is -2.34. The van der Waals surface area contributed by atoms with Crippen molar-refractivity contribution in [3.63, 3.8) is 0 Å². The number of Topliss-reactive ketones (excluding diaryl/α,β-unsaturated/α-hetero) is 1. The van der Waals surface area contributed by atoms with Crippen molar-refractivity contribution in [3.05, 3.63) is 37.3 Å². The summed E-state index contributed by atoms with van der Waals surface area (Å²) in [5.74, 6) is -1.41. The second kappa shape index (κ2) is 8.90. The van der Waals surface area contributed by atoms with Crippen molar-refractivity contribution in [2.75, 3.05) is 7.11 Å². The van der Waals surface area contributed by atoms with Gasteiger partial charge >= 0.3 is 0 Å². The number of methoxy groups -OCH3 is 1. The van der Waals surface area contributed by atoms with E-state index in [1.165, 1.54) is 7.11 Å². The Morgan fingerprint density at radius 1 is 1.06 bits per heavy atom. The lowest BCUT2D eigenvalue weighted by molar-refractivity contribution is -0.143. The van der Waals surface area contributed by atoms with E-state index in [-0.39, 0.29) is 56.2 Å². The monoisotopic (exact) mass is 508 g/mol. The minimum atomic E-state index is -1.73. The van der Waals surface area contributed by atoms with Crippen LogP contribution in [0.25, 0.3) is 17.0 Å². The third-order valence-electron chi connectivity index (χ3n) is 6.02. The summed E-state index contributed by atoms with van der Waals surface area (Å²) in [5, 5.41) is 31.8. The predicted molar refractivity (Wildman–Crippen MR) is 125 cm³/mol. The molecule has 0 aliphatic heterocycles. The number of rotatable bonds is 7. The summed E-state index contributed by atoms with van der Waals surface area (Å²) < 4.78 is 11.6. The quantitative estimate of drug-likeness (QED) is 0.463. The van der Waals surface area contributed by atoms with Gasteiger partial charge in [-0.3, -0.25) is 9.59 Å². The molecule has 0 bridgehead atoms. The van der Waals surface area contributed by atoms with Gasteiger partial charge in [0.05, 0.1) is 5.56 Å². The summed E-state index contributed by atoms with van der Waals surface area (Å²) in [6, 6.07) is 0. The van der Waals surface area contributed by atoms with Crippen molar-refractivity contribution < 1.29 is 29.3 Å². The van der Waals surface area contributed by atoms with Gasteiger partial charge in [0, 0.05) is 18.7 Å². The van der Waals surface area contributed by atoms with Crippen molar-refractivity contribution in [2.45, 2.75) is 59.0 Å². The molecule has 1 atom stereocenters. The predicted octanol–water partition coefficient (Wildman–Crippen LogP) is 5.31. The van der Waals surface area contributed by atoms with Gasteiger partial charge in [-0.05, 0) is 53.4 Å². The van der Waals surface area contributed by atoms with Crippen LogP contribution in [0, 0.1) is 11.8 Å². The summed E-state index contributed by atoms with van der Waals surface area (Å²) >= 11 is 3.28. The Bertz CT molecular complexity index is 1160. The number of carbonyl (C=O) groups excluding carboxylic acids is 1. The summed E-state index contributed by atoms with van der Waals surface area (Å²) in [6.07, 6.45) is 2.82.